The monoisotopic (exact) mass is 471 g/mol. The molecule has 0 atom stereocenters. The molecule has 1 aromatic heterocycles. The smallest absolute Gasteiger partial charge is 0.254 e. The third-order valence-corrected chi connectivity index (χ3v) is 6.56. The summed E-state index contributed by atoms with van der Waals surface area (Å²) in [7, 11) is -2.18. The second-order valence-electron chi connectivity index (χ2n) is 8.14. The lowest BCUT2D eigenvalue weighted by atomic mass is 10.1. The molecule has 0 unspecified atom stereocenters. The molecule has 2 N–H and O–H groups in total. The number of rotatable bonds is 10. The molecule has 2 aromatic carbocycles. The van der Waals surface area contributed by atoms with Gasteiger partial charge in [0, 0.05) is 30.9 Å². The van der Waals surface area contributed by atoms with E-state index in [0.29, 0.717) is 23.6 Å². The van der Waals surface area contributed by atoms with Crippen molar-refractivity contribution in [2.45, 2.75) is 44.7 Å². The zero-order valence-corrected chi connectivity index (χ0v) is 20.0. The van der Waals surface area contributed by atoms with E-state index in [9.17, 15) is 13.2 Å². The van der Waals surface area contributed by atoms with Gasteiger partial charge in [-0.15, -0.1) is 0 Å². The van der Waals surface area contributed by atoms with Crippen LogP contribution in [0.15, 0.2) is 58.1 Å². The van der Waals surface area contributed by atoms with E-state index < -0.39 is 10.0 Å². The van der Waals surface area contributed by atoms with E-state index in [1.165, 1.54) is 17.0 Å². The van der Waals surface area contributed by atoms with Crippen LogP contribution in [0, 0.1) is 6.92 Å². The molecule has 176 valence electrons. The summed E-state index contributed by atoms with van der Waals surface area (Å²) in [6.07, 6.45) is 0.754. The van der Waals surface area contributed by atoms with Crippen molar-refractivity contribution in [3.63, 3.8) is 0 Å². The van der Waals surface area contributed by atoms with Gasteiger partial charge in [-0.1, -0.05) is 40.6 Å². The second-order valence-corrected chi connectivity index (χ2v) is 9.86. The van der Waals surface area contributed by atoms with Crippen LogP contribution in [-0.4, -0.2) is 49.2 Å². The van der Waals surface area contributed by atoms with Crippen molar-refractivity contribution in [3.8, 4) is 0 Å². The molecule has 3 rings (SSSR count). The van der Waals surface area contributed by atoms with Gasteiger partial charge in [0.15, 0.2) is 0 Å². The number of amides is 1. The molecule has 0 aliphatic carbocycles. The number of aromatic nitrogens is 2. The third kappa shape index (κ3) is 6.62. The molecule has 33 heavy (non-hydrogen) atoms. The topological polar surface area (TPSA) is 117 Å². The summed E-state index contributed by atoms with van der Waals surface area (Å²) in [5.74, 6) is -0.342. The van der Waals surface area contributed by atoms with Crippen LogP contribution in [0.25, 0.3) is 0 Å². The van der Waals surface area contributed by atoms with Crippen molar-refractivity contribution in [1.82, 2.24) is 19.9 Å². The minimum absolute atomic E-state index is 0.0249. The molecular weight excluding hydrogens is 442 g/mol. The first-order valence-electron chi connectivity index (χ1n) is 10.6. The van der Waals surface area contributed by atoms with Crippen LogP contribution in [0.3, 0.4) is 0 Å². The summed E-state index contributed by atoms with van der Waals surface area (Å²) < 4.78 is 33.0. The van der Waals surface area contributed by atoms with Crippen LogP contribution >= 0.6 is 0 Å². The van der Waals surface area contributed by atoms with E-state index in [1.807, 2.05) is 30.3 Å². The Bertz CT molecular complexity index is 1190. The third-order valence-electron chi connectivity index (χ3n) is 4.92. The van der Waals surface area contributed by atoms with Crippen molar-refractivity contribution >= 4 is 21.6 Å². The summed E-state index contributed by atoms with van der Waals surface area (Å²) in [5, 5.41) is 10.8. The van der Waals surface area contributed by atoms with Gasteiger partial charge in [-0.25, -0.2) is 17.8 Å². The fraction of sp³-hybridized carbons (Fsp3) is 0.348. The molecule has 0 spiro atoms. The average Bonchev–Trinajstić information content (AvgIpc) is 3.17. The lowest BCUT2D eigenvalue weighted by molar-refractivity contribution is 0.0781. The normalized spacial score (nSPS) is 11.5. The summed E-state index contributed by atoms with van der Waals surface area (Å²) >= 11 is 0. The number of hydrogen-bond donors (Lipinski definition) is 2. The quantitative estimate of drug-likeness (QED) is 0.467. The molecule has 0 radical (unpaired) electrons. The van der Waals surface area contributed by atoms with Gasteiger partial charge in [0.1, 0.15) is 11.4 Å². The number of hydrogen-bond acceptors (Lipinski definition) is 7. The molecule has 1 heterocycles. The van der Waals surface area contributed by atoms with Crippen LogP contribution in [0.5, 0.6) is 0 Å². The number of carbonyl (C=O) groups excluding carboxylic acids is 1. The lowest BCUT2D eigenvalue weighted by Gasteiger charge is -2.18. The molecule has 1 amide bonds. The van der Waals surface area contributed by atoms with Crippen molar-refractivity contribution in [1.29, 1.82) is 0 Å². The van der Waals surface area contributed by atoms with Gasteiger partial charge in [0.25, 0.3) is 5.91 Å². The Morgan fingerprint density at radius 1 is 1.12 bits per heavy atom. The van der Waals surface area contributed by atoms with Crippen molar-refractivity contribution < 1.29 is 17.8 Å². The van der Waals surface area contributed by atoms with E-state index in [-0.39, 0.29) is 29.0 Å². The summed E-state index contributed by atoms with van der Waals surface area (Å²) in [6, 6.07) is 14.3. The Balaban J connectivity index is 1.85. The summed E-state index contributed by atoms with van der Waals surface area (Å²) in [5.41, 5.74) is 3.09. The maximum Gasteiger partial charge on any atom is 0.254 e. The molecule has 0 fully saturated rings. The first kappa shape index (κ1) is 24.4. The van der Waals surface area contributed by atoms with Crippen LogP contribution in [-0.2, 0) is 23.0 Å². The second kappa shape index (κ2) is 10.6. The molecule has 0 saturated carbocycles. The number of sulfonamides is 1. The van der Waals surface area contributed by atoms with Gasteiger partial charge in [-0.05, 0) is 51.0 Å². The van der Waals surface area contributed by atoms with E-state index >= 15 is 0 Å². The molecule has 0 aliphatic rings. The highest BCUT2D eigenvalue weighted by atomic mass is 32.2. The Kier molecular flexibility index (Phi) is 7.83. The Hall–Kier alpha value is -3.24. The van der Waals surface area contributed by atoms with Crippen LogP contribution in [0.2, 0.25) is 0 Å². The molecule has 3 aromatic rings. The molecule has 10 heteroatoms. The number of benzene rings is 2. The molecular formula is C23H29N5O4S. The summed E-state index contributed by atoms with van der Waals surface area (Å²) in [4.78, 5) is 14.6. The predicted molar refractivity (Wildman–Crippen MR) is 125 cm³/mol. The van der Waals surface area contributed by atoms with Crippen LogP contribution in [0.4, 0.5) is 5.69 Å². The van der Waals surface area contributed by atoms with Gasteiger partial charge in [0.05, 0.1) is 11.4 Å². The van der Waals surface area contributed by atoms with E-state index in [0.717, 1.165) is 12.0 Å². The molecule has 0 aliphatic heterocycles. The van der Waals surface area contributed by atoms with Crippen molar-refractivity contribution in [3.05, 3.63) is 71.0 Å². The van der Waals surface area contributed by atoms with E-state index in [2.05, 4.69) is 20.4 Å². The zero-order valence-electron chi connectivity index (χ0n) is 19.2. The fourth-order valence-corrected chi connectivity index (χ4v) is 4.58. The molecule has 0 bridgehead atoms. The standard InChI is InChI=1S/C23H29N5O4S/c1-16(2)27-33(30,31)21-13-19(23(29)28(4)15-22-17(3)25-32-26-22)12-20(14-21)24-11-10-18-8-6-5-7-9-18/h5-9,12-14,16,24,27H,10-11,15H2,1-4H3. The van der Waals surface area contributed by atoms with Crippen molar-refractivity contribution in [2.75, 3.05) is 18.9 Å². The highest BCUT2D eigenvalue weighted by molar-refractivity contribution is 7.89. The minimum Gasteiger partial charge on any atom is -0.385 e. The highest BCUT2D eigenvalue weighted by Crippen LogP contribution is 2.21. The maximum absolute atomic E-state index is 13.1. The average molecular weight is 472 g/mol. The lowest BCUT2D eigenvalue weighted by Crippen LogP contribution is -2.31. The molecule has 0 saturated heterocycles. The maximum atomic E-state index is 13.1. The van der Waals surface area contributed by atoms with Crippen molar-refractivity contribution in [2.24, 2.45) is 0 Å². The number of nitrogens with zero attached hydrogens (tertiary/aromatic N) is 3. The van der Waals surface area contributed by atoms with Gasteiger partial charge in [-0.3, -0.25) is 4.79 Å². The summed E-state index contributed by atoms with van der Waals surface area (Å²) in [6.45, 7) is 6.00. The first-order valence-corrected chi connectivity index (χ1v) is 12.1. The van der Waals surface area contributed by atoms with E-state index in [4.69, 9.17) is 4.63 Å². The number of carbonyl (C=O) groups is 1. The largest absolute Gasteiger partial charge is 0.385 e. The Labute approximate surface area is 194 Å². The van der Waals surface area contributed by atoms with Crippen LogP contribution < -0.4 is 10.0 Å². The number of nitrogens with one attached hydrogen (secondary N) is 2. The first-order chi connectivity index (χ1) is 15.7. The fourth-order valence-electron chi connectivity index (χ4n) is 3.26. The van der Waals surface area contributed by atoms with Gasteiger partial charge in [-0.2, -0.15) is 0 Å². The van der Waals surface area contributed by atoms with Gasteiger partial charge >= 0.3 is 0 Å². The Morgan fingerprint density at radius 2 is 1.85 bits per heavy atom. The number of anilines is 1. The highest BCUT2D eigenvalue weighted by Gasteiger charge is 2.21. The minimum atomic E-state index is -3.80. The van der Waals surface area contributed by atoms with Gasteiger partial charge < -0.3 is 10.2 Å². The Morgan fingerprint density at radius 3 is 2.48 bits per heavy atom. The SMILES string of the molecule is Cc1nonc1CN(C)C(=O)c1cc(NCCc2ccccc2)cc(S(=O)(=O)NC(C)C)c1. The van der Waals surface area contributed by atoms with Crippen LogP contribution in [0.1, 0.15) is 41.2 Å². The molecule has 9 nitrogen and oxygen atoms in total. The zero-order chi connectivity index (χ0) is 24.0. The van der Waals surface area contributed by atoms with Gasteiger partial charge in [0.2, 0.25) is 10.0 Å². The van der Waals surface area contributed by atoms with E-state index in [1.54, 1.807) is 33.9 Å². The predicted octanol–water partition coefficient (Wildman–Crippen LogP) is 2.99. The number of aryl methyl sites for hydroxylation is 1.